The van der Waals surface area contributed by atoms with E-state index in [9.17, 15) is 9.18 Å². The first-order valence-corrected chi connectivity index (χ1v) is 12.3. The van der Waals surface area contributed by atoms with Crippen LogP contribution in [0.2, 0.25) is 0 Å². The quantitative estimate of drug-likeness (QED) is 0.327. The Kier molecular flexibility index (Phi) is 5.91. The van der Waals surface area contributed by atoms with Gasteiger partial charge in [0.05, 0.1) is 22.6 Å². The van der Waals surface area contributed by atoms with Gasteiger partial charge < -0.3 is 11.1 Å². The van der Waals surface area contributed by atoms with Crippen LogP contribution in [0.5, 0.6) is 0 Å². The zero-order valence-corrected chi connectivity index (χ0v) is 21.1. The van der Waals surface area contributed by atoms with Gasteiger partial charge in [-0.2, -0.15) is 4.98 Å². The molecule has 0 bridgehead atoms. The van der Waals surface area contributed by atoms with Crippen molar-refractivity contribution in [3.63, 3.8) is 0 Å². The van der Waals surface area contributed by atoms with Gasteiger partial charge in [-0.15, -0.1) is 0 Å². The molecule has 1 atom stereocenters. The third kappa shape index (κ3) is 4.42. The number of nitrogens with two attached hydrogens (primary N) is 1. The molecule has 4 aromatic heterocycles. The number of rotatable bonds is 5. The molecule has 9 nitrogen and oxygen atoms in total. The molecule has 0 saturated heterocycles. The van der Waals surface area contributed by atoms with Crippen molar-refractivity contribution in [1.29, 1.82) is 0 Å². The van der Waals surface area contributed by atoms with E-state index in [0.717, 1.165) is 5.39 Å². The normalized spacial score (nSPS) is 12.1. The van der Waals surface area contributed by atoms with Crippen molar-refractivity contribution in [3.05, 3.63) is 107 Å². The number of aryl methyl sites for hydroxylation is 1. The molecule has 4 heterocycles. The monoisotopic (exact) mass is 518 g/mol. The molecule has 3 N–H and O–H groups in total. The minimum Gasteiger partial charge on any atom is -0.368 e. The van der Waals surface area contributed by atoms with Crippen molar-refractivity contribution in [1.82, 2.24) is 29.5 Å². The lowest BCUT2D eigenvalue weighted by Crippen LogP contribution is -2.26. The molecule has 10 heteroatoms. The average molecular weight is 519 g/mol. The summed E-state index contributed by atoms with van der Waals surface area (Å²) in [5, 5.41) is 4.54. The van der Waals surface area contributed by atoms with Crippen LogP contribution in [0.4, 0.5) is 16.2 Å². The third-order valence-electron chi connectivity index (χ3n) is 6.50. The highest BCUT2D eigenvalue weighted by molar-refractivity contribution is 5.96. The van der Waals surface area contributed by atoms with E-state index in [2.05, 4.69) is 30.2 Å². The number of nitrogen functional groups attached to an aromatic ring is 1. The zero-order valence-electron chi connectivity index (χ0n) is 21.1. The summed E-state index contributed by atoms with van der Waals surface area (Å²) in [7, 11) is 0. The van der Waals surface area contributed by atoms with Crippen molar-refractivity contribution < 1.29 is 4.39 Å². The summed E-state index contributed by atoms with van der Waals surface area (Å²) in [5.41, 5.74) is 9.17. The molecule has 39 heavy (non-hydrogen) atoms. The number of nitrogens with one attached hydrogen (secondary N) is 1. The molecule has 0 amide bonds. The minimum absolute atomic E-state index is 0.0937. The fraction of sp³-hybridized carbons (Fsp3) is 0.103. The SMILES string of the molecule is Cc1ncc(-c2cccc3cc(C(C)Nc4nc(N)nc5cccnc45)n(-c4cccc(F)c4)c(=O)c23)cn1. The highest BCUT2D eigenvalue weighted by Gasteiger charge is 2.20. The molecule has 6 rings (SSSR count). The van der Waals surface area contributed by atoms with E-state index in [-0.39, 0.29) is 11.5 Å². The fourth-order valence-corrected chi connectivity index (χ4v) is 4.72. The predicted molar refractivity (Wildman–Crippen MR) is 149 cm³/mol. The van der Waals surface area contributed by atoms with Gasteiger partial charge >= 0.3 is 0 Å². The number of halogens is 1. The number of benzene rings is 2. The Morgan fingerprint density at radius 2 is 1.77 bits per heavy atom. The van der Waals surface area contributed by atoms with Gasteiger partial charge in [0.25, 0.3) is 5.56 Å². The molecule has 0 radical (unpaired) electrons. The molecular weight excluding hydrogens is 495 g/mol. The molecule has 0 saturated carbocycles. The summed E-state index contributed by atoms with van der Waals surface area (Å²) in [6, 6.07) is 16.6. The number of pyridine rings is 2. The van der Waals surface area contributed by atoms with E-state index in [1.165, 1.54) is 16.7 Å². The van der Waals surface area contributed by atoms with Gasteiger partial charge in [0, 0.05) is 29.8 Å². The van der Waals surface area contributed by atoms with Crippen LogP contribution in [-0.4, -0.2) is 29.5 Å². The van der Waals surface area contributed by atoms with Crippen LogP contribution in [0.25, 0.3) is 38.6 Å². The van der Waals surface area contributed by atoms with E-state index in [0.29, 0.717) is 50.6 Å². The summed E-state index contributed by atoms with van der Waals surface area (Å²) in [5.74, 6) is 0.696. The number of hydrogen-bond donors (Lipinski definition) is 2. The van der Waals surface area contributed by atoms with Crippen LogP contribution in [0, 0.1) is 12.7 Å². The summed E-state index contributed by atoms with van der Waals surface area (Å²) in [6.07, 6.45) is 5.03. The number of anilines is 2. The van der Waals surface area contributed by atoms with Crippen LogP contribution < -0.4 is 16.6 Å². The summed E-state index contributed by atoms with van der Waals surface area (Å²) in [6.45, 7) is 3.69. The molecule has 2 aromatic carbocycles. The van der Waals surface area contributed by atoms with Gasteiger partial charge in [-0.3, -0.25) is 14.3 Å². The Morgan fingerprint density at radius 1 is 0.974 bits per heavy atom. The smallest absolute Gasteiger partial charge is 0.263 e. The first-order valence-electron chi connectivity index (χ1n) is 12.3. The Morgan fingerprint density at radius 3 is 2.56 bits per heavy atom. The van der Waals surface area contributed by atoms with Gasteiger partial charge in [-0.1, -0.05) is 24.3 Å². The number of aromatic nitrogens is 6. The Bertz CT molecular complexity index is 1920. The lowest BCUT2D eigenvalue weighted by Gasteiger charge is -2.22. The van der Waals surface area contributed by atoms with Crippen molar-refractivity contribution in [2.24, 2.45) is 0 Å². The highest BCUT2D eigenvalue weighted by atomic mass is 19.1. The topological polar surface area (TPSA) is 124 Å². The average Bonchev–Trinajstić information content (AvgIpc) is 2.93. The Balaban J connectivity index is 1.58. The maximum atomic E-state index is 14.4. The van der Waals surface area contributed by atoms with Gasteiger partial charge in [-0.05, 0) is 61.2 Å². The van der Waals surface area contributed by atoms with E-state index < -0.39 is 11.9 Å². The summed E-state index contributed by atoms with van der Waals surface area (Å²) >= 11 is 0. The molecule has 1 unspecified atom stereocenters. The lowest BCUT2D eigenvalue weighted by atomic mass is 9.99. The number of hydrogen-bond acceptors (Lipinski definition) is 8. The molecule has 0 aliphatic heterocycles. The largest absolute Gasteiger partial charge is 0.368 e. The molecule has 0 aliphatic carbocycles. The second-order valence-electron chi connectivity index (χ2n) is 9.15. The van der Waals surface area contributed by atoms with Gasteiger partial charge in [0.1, 0.15) is 17.2 Å². The van der Waals surface area contributed by atoms with Crippen molar-refractivity contribution >= 4 is 33.6 Å². The van der Waals surface area contributed by atoms with Crippen LogP contribution in [0.1, 0.15) is 24.5 Å². The molecule has 0 aliphatic rings. The predicted octanol–water partition coefficient (Wildman–Crippen LogP) is 4.99. The van der Waals surface area contributed by atoms with Crippen molar-refractivity contribution in [2.75, 3.05) is 11.1 Å². The van der Waals surface area contributed by atoms with E-state index in [1.807, 2.05) is 31.2 Å². The van der Waals surface area contributed by atoms with Crippen LogP contribution >= 0.6 is 0 Å². The van der Waals surface area contributed by atoms with E-state index in [1.54, 1.807) is 49.8 Å². The third-order valence-corrected chi connectivity index (χ3v) is 6.50. The molecule has 192 valence electrons. The minimum atomic E-state index is -0.462. The summed E-state index contributed by atoms with van der Waals surface area (Å²) < 4.78 is 15.9. The van der Waals surface area contributed by atoms with Gasteiger partial charge in [0.15, 0.2) is 5.82 Å². The highest BCUT2D eigenvalue weighted by Crippen LogP contribution is 2.30. The lowest BCUT2D eigenvalue weighted by molar-refractivity contribution is 0.625. The maximum absolute atomic E-state index is 14.4. The van der Waals surface area contributed by atoms with E-state index in [4.69, 9.17) is 5.73 Å². The Hall–Kier alpha value is -5.25. The molecule has 0 spiro atoms. The number of nitrogens with zero attached hydrogens (tertiary/aromatic N) is 6. The first-order chi connectivity index (χ1) is 18.9. The second-order valence-corrected chi connectivity index (χ2v) is 9.15. The standard InChI is InChI=1S/C29H23FN8O/c1-16(35-27-26-23(10-5-11-32-26)36-29(31)37-27)24-12-18-6-3-9-22(19-14-33-17(2)34-15-19)25(18)28(39)38(24)21-8-4-7-20(30)13-21/h3-16H,1-2H3,(H3,31,35,36,37). The fourth-order valence-electron chi connectivity index (χ4n) is 4.72. The zero-order chi connectivity index (χ0) is 27.1. The van der Waals surface area contributed by atoms with Crippen LogP contribution in [0.3, 0.4) is 0 Å². The second kappa shape index (κ2) is 9.56. The molecule has 6 aromatic rings. The van der Waals surface area contributed by atoms with Crippen molar-refractivity contribution in [3.8, 4) is 16.8 Å². The number of fused-ring (bicyclic) bond motifs is 2. The summed E-state index contributed by atoms with van der Waals surface area (Å²) in [4.78, 5) is 35.9. The maximum Gasteiger partial charge on any atom is 0.263 e. The molecule has 0 fully saturated rings. The van der Waals surface area contributed by atoms with Crippen LogP contribution in [0.15, 0.2) is 84.0 Å². The van der Waals surface area contributed by atoms with Crippen LogP contribution in [-0.2, 0) is 0 Å². The first kappa shape index (κ1) is 24.1. The molecular formula is C29H23FN8O. The Labute approximate surface area is 222 Å². The van der Waals surface area contributed by atoms with Crippen molar-refractivity contribution in [2.45, 2.75) is 19.9 Å². The van der Waals surface area contributed by atoms with Gasteiger partial charge in [-0.25, -0.2) is 19.3 Å². The van der Waals surface area contributed by atoms with E-state index >= 15 is 0 Å². The van der Waals surface area contributed by atoms with Gasteiger partial charge in [0.2, 0.25) is 5.95 Å².